The van der Waals surface area contributed by atoms with Crippen molar-refractivity contribution in [3.05, 3.63) is 53.6 Å². The Morgan fingerprint density at radius 1 is 1.00 bits per heavy atom. The lowest BCUT2D eigenvalue weighted by Gasteiger charge is -2.33. The average Bonchev–Trinajstić information content (AvgIpc) is 3.36. The van der Waals surface area contributed by atoms with Crippen LogP contribution in [-0.2, 0) is 26.2 Å². The van der Waals surface area contributed by atoms with E-state index in [2.05, 4.69) is 5.32 Å². The van der Waals surface area contributed by atoms with Gasteiger partial charge in [-0.15, -0.1) is 0 Å². The van der Waals surface area contributed by atoms with Crippen LogP contribution in [-0.4, -0.2) is 56.3 Å². The fourth-order valence-electron chi connectivity index (χ4n) is 4.01. The van der Waals surface area contributed by atoms with Gasteiger partial charge in [0.05, 0.1) is 11.4 Å². The highest BCUT2D eigenvalue weighted by molar-refractivity contribution is 7.92. The van der Waals surface area contributed by atoms with Crippen molar-refractivity contribution in [1.82, 2.24) is 10.2 Å². The van der Waals surface area contributed by atoms with Crippen molar-refractivity contribution >= 4 is 27.5 Å². The quantitative estimate of drug-likeness (QED) is 0.449. The van der Waals surface area contributed by atoms with E-state index in [0.717, 1.165) is 21.9 Å². The molecule has 1 aliphatic heterocycles. The molecule has 2 atom stereocenters. The highest BCUT2D eigenvalue weighted by atomic mass is 32.2. The Hall–Kier alpha value is -3.27. The van der Waals surface area contributed by atoms with Crippen LogP contribution >= 0.6 is 0 Å². The van der Waals surface area contributed by atoms with E-state index in [1.807, 2.05) is 52.0 Å². The van der Waals surface area contributed by atoms with Crippen LogP contribution in [0.1, 0.15) is 51.7 Å². The number of amides is 2. The number of fused-ring (bicyclic) bond motifs is 1. The van der Waals surface area contributed by atoms with Crippen LogP contribution in [0.2, 0.25) is 0 Å². The normalized spacial score (nSPS) is 14.1. The van der Waals surface area contributed by atoms with Crippen LogP contribution in [0.25, 0.3) is 0 Å². The first-order valence-corrected chi connectivity index (χ1v) is 14.3. The molecule has 3 rings (SSSR count). The second-order valence-corrected chi connectivity index (χ2v) is 11.4. The van der Waals surface area contributed by atoms with E-state index < -0.39 is 28.5 Å². The summed E-state index contributed by atoms with van der Waals surface area (Å²) in [6, 6.07) is 11.7. The molecule has 1 heterocycles. The molecule has 0 radical (unpaired) electrons. The number of carbonyl (C=O) groups excluding carboxylic acids is 2. The predicted octanol–water partition coefficient (Wildman–Crippen LogP) is 3.60. The van der Waals surface area contributed by atoms with Crippen molar-refractivity contribution in [3.8, 4) is 11.5 Å². The van der Waals surface area contributed by atoms with E-state index in [1.54, 1.807) is 18.2 Å². The van der Waals surface area contributed by atoms with Gasteiger partial charge in [-0.05, 0) is 51.3 Å². The van der Waals surface area contributed by atoms with Gasteiger partial charge in [0.15, 0.2) is 11.5 Å². The molecule has 0 saturated heterocycles. The summed E-state index contributed by atoms with van der Waals surface area (Å²) >= 11 is 0. The van der Waals surface area contributed by atoms with Gasteiger partial charge >= 0.3 is 0 Å². The molecule has 2 amide bonds. The van der Waals surface area contributed by atoms with E-state index in [1.165, 1.54) is 11.8 Å². The lowest BCUT2D eigenvalue weighted by molar-refractivity contribution is -0.140. The summed E-state index contributed by atoms with van der Waals surface area (Å²) in [5.41, 5.74) is 2.22. The first-order chi connectivity index (χ1) is 17.6. The maximum absolute atomic E-state index is 13.8. The Kier molecular flexibility index (Phi) is 9.42. The third-order valence-electron chi connectivity index (χ3n) is 6.48. The summed E-state index contributed by atoms with van der Waals surface area (Å²) < 4.78 is 38.1. The first-order valence-electron chi connectivity index (χ1n) is 12.6. The van der Waals surface area contributed by atoms with Crippen LogP contribution in [0.3, 0.4) is 0 Å². The summed E-state index contributed by atoms with van der Waals surface area (Å²) in [6.45, 7) is 8.99. The number of hydrogen-bond donors (Lipinski definition) is 1. The molecule has 0 unspecified atom stereocenters. The zero-order chi connectivity index (χ0) is 27.2. The zero-order valence-corrected chi connectivity index (χ0v) is 23.0. The molecule has 0 saturated carbocycles. The van der Waals surface area contributed by atoms with Gasteiger partial charge in [-0.1, -0.05) is 43.7 Å². The molecular weight excluding hydrogens is 494 g/mol. The standard InChI is InChI=1S/C27H37N3O6S/c1-6-20(5)28-27(32)23(7-2)29(16-21-11-9-19(4)10-12-21)26(31)17-30(37(33,34)8-3)22-13-14-24-25(15-22)36-18-35-24/h9-15,20,23H,6-8,16-18H2,1-5H3,(H,28,32)/t20-,23+/m0/s1. The summed E-state index contributed by atoms with van der Waals surface area (Å²) in [7, 11) is -3.82. The van der Waals surface area contributed by atoms with Gasteiger partial charge in [0.25, 0.3) is 0 Å². The number of ether oxygens (including phenoxy) is 2. The fraction of sp³-hybridized carbons (Fsp3) is 0.481. The molecule has 10 heteroatoms. The Bertz CT molecular complexity index is 1200. The van der Waals surface area contributed by atoms with Crippen molar-refractivity contribution in [2.45, 2.75) is 66.1 Å². The second-order valence-electron chi connectivity index (χ2n) is 9.19. The minimum atomic E-state index is -3.82. The maximum Gasteiger partial charge on any atom is 0.244 e. The SMILES string of the molecule is CC[C@H](C(=O)N[C@@H](C)CC)N(Cc1ccc(C)cc1)C(=O)CN(c1ccc2c(c1)OCO2)S(=O)(=O)CC. The molecule has 1 N–H and O–H groups in total. The molecule has 0 aromatic heterocycles. The lowest BCUT2D eigenvalue weighted by Crippen LogP contribution is -2.53. The van der Waals surface area contributed by atoms with Crippen molar-refractivity contribution in [1.29, 1.82) is 0 Å². The summed E-state index contributed by atoms with van der Waals surface area (Å²) in [4.78, 5) is 28.5. The molecule has 2 aromatic carbocycles. The van der Waals surface area contributed by atoms with E-state index in [0.29, 0.717) is 23.6 Å². The van der Waals surface area contributed by atoms with E-state index in [4.69, 9.17) is 9.47 Å². The van der Waals surface area contributed by atoms with Crippen LogP contribution in [0.4, 0.5) is 5.69 Å². The monoisotopic (exact) mass is 531 g/mol. The molecule has 9 nitrogen and oxygen atoms in total. The summed E-state index contributed by atoms with van der Waals surface area (Å²) in [6.07, 6.45) is 1.13. The van der Waals surface area contributed by atoms with Crippen molar-refractivity contribution in [2.24, 2.45) is 0 Å². The molecule has 0 aliphatic carbocycles. The van der Waals surface area contributed by atoms with Crippen LogP contribution < -0.4 is 19.1 Å². The zero-order valence-electron chi connectivity index (χ0n) is 22.2. The van der Waals surface area contributed by atoms with Gasteiger partial charge < -0.3 is 19.7 Å². The topological polar surface area (TPSA) is 105 Å². The number of nitrogens with one attached hydrogen (secondary N) is 1. The number of hydrogen-bond acceptors (Lipinski definition) is 6. The number of rotatable bonds is 12. The minimum Gasteiger partial charge on any atom is -0.454 e. The molecule has 37 heavy (non-hydrogen) atoms. The number of anilines is 1. The number of aryl methyl sites for hydroxylation is 1. The Balaban J connectivity index is 1.96. The van der Waals surface area contributed by atoms with Gasteiger partial charge in [-0.25, -0.2) is 8.42 Å². The second kappa shape index (κ2) is 12.3. The number of benzene rings is 2. The summed E-state index contributed by atoms with van der Waals surface area (Å²) in [5, 5.41) is 2.97. The lowest BCUT2D eigenvalue weighted by atomic mass is 10.1. The molecule has 0 spiro atoms. The number of carbonyl (C=O) groups is 2. The summed E-state index contributed by atoms with van der Waals surface area (Å²) in [5.74, 6) is -0.000189. The van der Waals surface area contributed by atoms with Crippen molar-refractivity contribution in [2.75, 3.05) is 23.4 Å². The van der Waals surface area contributed by atoms with Gasteiger partial charge in [0, 0.05) is 18.7 Å². The molecule has 202 valence electrons. The highest BCUT2D eigenvalue weighted by Gasteiger charge is 2.33. The fourth-order valence-corrected chi connectivity index (χ4v) is 5.06. The third-order valence-corrected chi connectivity index (χ3v) is 8.23. The van der Waals surface area contributed by atoms with Gasteiger partial charge in [-0.3, -0.25) is 13.9 Å². The van der Waals surface area contributed by atoms with Gasteiger partial charge in [0.2, 0.25) is 28.6 Å². The Morgan fingerprint density at radius 2 is 1.68 bits per heavy atom. The van der Waals surface area contributed by atoms with Crippen molar-refractivity contribution < 1.29 is 27.5 Å². The van der Waals surface area contributed by atoms with Gasteiger partial charge in [-0.2, -0.15) is 0 Å². The maximum atomic E-state index is 13.8. The third kappa shape index (κ3) is 6.94. The molecule has 2 aromatic rings. The van der Waals surface area contributed by atoms with E-state index >= 15 is 0 Å². The first kappa shape index (κ1) is 28.3. The number of nitrogens with zero attached hydrogens (tertiary/aromatic N) is 2. The largest absolute Gasteiger partial charge is 0.454 e. The van der Waals surface area contributed by atoms with Crippen LogP contribution in [0.15, 0.2) is 42.5 Å². The van der Waals surface area contributed by atoms with Crippen molar-refractivity contribution in [3.63, 3.8) is 0 Å². The van der Waals surface area contributed by atoms with Crippen LogP contribution in [0.5, 0.6) is 11.5 Å². The molecule has 1 aliphatic rings. The predicted molar refractivity (Wildman–Crippen MR) is 143 cm³/mol. The molecule has 0 bridgehead atoms. The molecular formula is C27H37N3O6S. The highest BCUT2D eigenvalue weighted by Crippen LogP contribution is 2.36. The smallest absolute Gasteiger partial charge is 0.244 e. The Morgan fingerprint density at radius 3 is 2.30 bits per heavy atom. The Labute approximate surface area is 219 Å². The van der Waals surface area contributed by atoms with Gasteiger partial charge in [0.1, 0.15) is 12.6 Å². The molecule has 0 fully saturated rings. The number of sulfonamides is 1. The van der Waals surface area contributed by atoms with E-state index in [9.17, 15) is 18.0 Å². The van der Waals surface area contributed by atoms with Crippen LogP contribution in [0, 0.1) is 6.92 Å². The minimum absolute atomic E-state index is 0.0477. The van der Waals surface area contributed by atoms with E-state index in [-0.39, 0.29) is 31.0 Å². The average molecular weight is 532 g/mol.